The minimum atomic E-state index is -1.09. The van der Waals surface area contributed by atoms with E-state index in [1.165, 1.54) is 12.1 Å². The van der Waals surface area contributed by atoms with Crippen molar-refractivity contribution in [2.75, 3.05) is 6.61 Å². The van der Waals surface area contributed by atoms with E-state index >= 15 is 0 Å². The minimum Gasteiger partial charge on any atom is -0.481 e. The van der Waals surface area contributed by atoms with Crippen molar-refractivity contribution in [1.29, 1.82) is 0 Å². The molecule has 0 atom stereocenters. The van der Waals surface area contributed by atoms with Gasteiger partial charge in [0.15, 0.2) is 6.61 Å². The Bertz CT molecular complexity index is 392. The summed E-state index contributed by atoms with van der Waals surface area (Å²) in [5.41, 5.74) is 0.409. The molecule has 0 saturated carbocycles. The molecule has 0 heterocycles. The molecular weight excluding hydrogens is 222 g/mol. The average Bonchev–Trinajstić information content (AvgIpc) is 2.17. The summed E-state index contributed by atoms with van der Waals surface area (Å²) in [6.07, 6.45) is 1.11. The van der Waals surface area contributed by atoms with Crippen LogP contribution in [0.25, 0.3) is 0 Å². The molecule has 2 N–H and O–H groups in total. The van der Waals surface area contributed by atoms with Crippen LogP contribution < -0.4 is 4.74 Å². The first-order chi connectivity index (χ1) is 7.13. The predicted octanol–water partition coefficient (Wildman–Crippen LogP) is 1.61. The Morgan fingerprint density at radius 3 is 2.93 bits per heavy atom. The van der Waals surface area contributed by atoms with E-state index < -0.39 is 12.6 Å². The maximum atomic E-state index is 10.3. The number of nitrogens with zero attached hydrogens (tertiary/aromatic N) is 1. The van der Waals surface area contributed by atoms with Crippen LogP contribution in [0.5, 0.6) is 5.75 Å². The first kappa shape index (κ1) is 11.3. The fraction of sp³-hybridized carbons (Fsp3) is 0.111. The van der Waals surface area contributed by atoms with Gasteiger partial charge in [-0.05, 0) is 18.2 Å². The van der Waals surface area contributed by atoms with E-state index in [1.807, 2.05) is 0 Å². The van der Waals surface area contributed by atoms with Gasteiger partial charge in [-0.25, -0.2) is 4.79 Å². The summed E-state index contributed by atoms with van der Waals surface area (Å²) in [5, 5.41) is 20.0. The van der Waals surface area contributed by atoms with Crippen molar-refractivity contribution in [3.63, 3.8) is 0 Å². The highest BCUT2D eigenvalue weighted by Gasteiger charge is 2.05. The lowest BCUT2D eigenvalue weighted by Gasteiger charge is -2.06. The number of benzene rings is 1. The van der Waals surface area contributed by atoms with E-state index in [9.17, 15) is 4.79 Å². The maximum Gasteiger partial charge on any atom is 0.341 e. The Labute approximate surface area is 90.5 Å². The van der Waals surface area contributed by atoms with E-state index in [4.69, 9.17) is 26.7 Å². The molecule has 0 spiro atoms. The molecule has 0 aliphatic heterocycles. The highest BCUT2D eigenvalue weighted by Crippen LogP contribution is 2.21. The number of hydrogen-bond donors (Lipinski definition) is 2. The molecule has 0 radical (unpaired) electrons. The van der Waals surface area contributed by atoms with Gasteiger partial charge in [-0.1, -0.05) is 16.8 Å². The van der Waals surface area contributed by atoms with Crippen molar-refractivity contribution in [1.82, 2.24) is 0 Å². The SMILES string of the molecule is O=C(O)COc1ccc(Cl)cc1/C=N\O. The van der Waals surface area contributed by atoms with Crippen LogP contribution in [0.2, 0.25) is 5.02 Å². The molecule has 0 aliphatic carbocycles. The van der Waals surface area contributed by atoms with Gasteiger partial charge in [0, 0.05) is 10.6 Å². The van der Waals surface area contributed by atoms with Gasteiger partial charge in [0.25, 0.3) is 0 Å². The van der Waals surface area contributed by atoms with Gasteiger partial charge >= 0.3 is 5.97 Å². The lowest BCUT2D eigenvalue weighted by molar-refractivity contribution is -0.139. The molecule has 1 aromatic carbocycles. The number of carbonyl (C=O) groups is 1. The second-order valence-corrected chi connectivity index (χ2v) is 3.05. The molecular formula is C9H8ClNO4. The van der Waals surface area contributed by atoms with Gasteiger partial charge < -0.3 is 15.1 Å². The molecule has 0 unspecified atom stereocenters. The molecule has 0 fully saturated rings. The third-order valence-corrected chi connectivity index (χ3v) is 1.75. The fourth-order valence-electron chi connectivity index (χ4n) is 0.953. The van der Waals surface area contributed by atoms with Crippen molar-refractivity contribution in [2.45, 2.75) is 0 Å². The molecule has 0 bridgehead atoms. The van der Waals surface area contributed by atoms with Crippen molar-refractivity contribution < 1.29 is 19.8 Å². The van der Waals surface area contributed by atoms with Crippen LogP contribution in [-0.4, -0.2) is 29.1 Å². The van der Waals surface area contributed by atoms with Crippen LogP contribution in [0.3, 0.4) is 0 Å². The van der Waals surface area contributed by atoms with Gasteiger partial charge in [0.05, 0.1) is 6.21 Å². The second-order valence-electron chi connectivity index (χ2n) is 2.61. The standard InChI is InChI=1S/C9H8ClNO4/c10-7-1-2-8(15-5-9(12)13)6(3-7)4-11-14/h1-4,14H,5H2,(H,12,13)/b11-4-. The van der Waals surface area contributed by atoms with E-state index in [1.54, 1.807) is 6.07 Å². The molecule has 80 valence electrons. The Kier molecular flexibility index (Phi) is 3.93. The molecule has 0 amide bonds. The topological polar surface area (TPSA) is 79.1 Å². The third kappa shape index (κ3) is 3.47. The summed E-state index contributed by atoms with van der Waals surface area (Å²) < 4.78 is 4.95. The highest BCUT2D eigenvalue weighted by atomic mass is 35.5. The number of rotatable bonds is 4. The number of halogens is 1. The Morgan fingerprint density at radius 1 is 1.60 bits per heavy atom. The first-order valence-corrected chi connectivity index (χ1v) is 4.33. The quantitative estimate of drug-likeness (QED) is 0.467. The number of ether oxygens (including phenoxy) is 1. The lowest BCUT2D eigenvalue weighted by atomic mass is 10.2. The van der Waals surface area contributed by atoms with E-state index in [0.717, 1.165) is 6.21 Å². The van der Waals surface area contributed by atoms with Crippen LogP contribution in [0.4, 0.5) is 0 Å². The fourth-order valence-corrected chi connectivity index (χ4v) is 1.13. The van der Waals surface area contributed by atoms with Crippen LogP contribution in [0, 0.1) is 0 Å². The summed E-state index contributed by atoms with van der Waals surface area (Å²) in [5.74, 6) is -0.795. The highest BCUT2D eigenvalue weighted by molar-refractivity contribution is 6.30. The average molecular weight is 230 g/mol. The van der Waals surface area contributed by atoms with Crippen molar-refractivity contribution >= 4 is 23.8 Å². The maximum absolute atomic E-state index is 10.3. The molecule has 6 heteroatoms. The summed E-state index contributed by atoms with van der Waals surface area (Å²) >= 11 is 5.70. The van der Waals surface area contributed by atoms with Crippen LogP contribution >= 0.6 is 11.6 Å². The number of carboxylic acids is 1. The van der Waals surface area contributed by atoms with Crippen LogP contribution in [0.15, 0.2) is 23.4 Å². The van der Waals surface area contributed by atoms with Gasteiger partial charge in [-0.15, -0.1) is 0 Å². The zero-order chi connectivity index (χ0) is 11.3. The first-order valence-electron chi connectivity index (χ1n) is 3.95. The summed E-state index contributed by atoms with van der Waals surface area (Å²) in [7, 11) is 0. The zero-order valence-electron chi connectivity index (χ0n) is 7.55. The van der Waals surface area contributed by atoms with Crippen LogP contribution in [-0.2, 0) is 4.79 Å². The molecule has 0 aromatic heterocycles. The largest absolute Gasteiger partial charge is 0.481 e. The molecule has 1 aromatic rings. The molecule has 0 aliphatic rings. The summed E-state index contributed by atoms with van der Waals surface area (Å²) in [6.45, 7) is -0.464. The summed E-state index contributed by atoms with van der Waals surface area (Å²) in [6, 6.07) is 4.55. The van der Waals surface area contributed by atoms with Crippen molar-refractivity contribution in [3.8, 4) is 5.75 Å². The van der Waals surface area contributed by atoms with E-state index in [0.29, 0.717) is 16.3 Å². The lowest BCUT2D eigenvalue weighted by Crippen LogP contribution is -2.10. The van der Waals surface area contributed by atoms with Gasteiger partial charge in [-0.3, -0.25) is 0 Å². The molecule has 5 nitrogen and oxygen atoms in total. The van der Waals surface area contributed by atoms with E-state index in [-0.39, 0.29) is 0 Å². The second kappa shape index (κ2) is 5.21. The normalized spacial score (nSPS) is 10.5. The summed E-state index contributed by atoms with van der Waals surface area (Å²) in [4.78, 5) is 10.3. The number of oxime groups is 1. The third-order valence-electron chi connectivity index (χ3n) is 1.52. The Hall–Kier alpha value is -1.75. The van der Waals surface area contributed by atoms with Crippen LogP contribution in [0.1, 0.15) is 5.56 Å². The smallest absolute Gasteiger partial charge is 0.341 e. The molecule has 1 rings (SSSR count). The minimum absolute atomic E-state index is 0.291. The predicted molar refractivity (Wildman–Crippen MR) is 54.0 cm³/mol. The molecule has 15 heavy (non-hydrogen) atoms. The van der Waals surface area contributed by atoms with Crippen molar-refractivity contribution in [3.05, 3.63) is 28.8 Å². The monoisotopic (exact) mass is 229 g/mol. The zero-order valence-corrected chi connectivity index (χ0v) is 8.31. The molecule has 0 saturated heterocycles. The number of carboxylic acid groups (broad SMARTS) is 1. The van der Waals surface area contributed by atoms with Gasteiger partial charge in [-0.2, -0.15) is 0 Å². The van der Waals surface area contributed by atoms with E-state index in [2.05, 4.69) is 5.16 Å². The van der Waals surface area contributed by atoms with Gasteiger partial charge in [0.1, 0.15) is 5.75 Å². The number of aliphatic carboxylic acids is 1. The Balaban J connectivity index is 2.90. The van der Waals surface area contributed by atoms with Gasteiger partial charge in [0.2, 0.25) is 0 Å². The van der Waals surface area contributed by atoms with Crippen molar-refractivity contribution in [2.24, 2.45) is 5.16 Å². The Morgan fingerprint density at radius 2 is 2.33 bits per heavy atom. The number of hydrogen-bond acceptors (Lipinski definition) is 4.